The second-order valence-corrected chi connectivity index (χ2v) is 6.18. The summed E-state index contributed by atoms with van der Waals surface area (Å²) in [6, 6.07) is 6.25. The van der Waals surface area contributed by atoms with Gasteiger partial charge in [-0.25, -0.2) is 0 Å². The minimum Gasteiger partial charge on any atom is -0.389 e. The molecule has 0 aromatic heterocycles. The Morgan fingerprint density at radius 3 is 2.90 bits per heavy atom. The first-order chi connectivity index (χ1) is 9.67. The summed E-state index contributed by atoms with van der Waals surface area (Å²) in [4.78, 5) is 3.93. The van der Waals surface area contributed by atoms with Gasteiger partial charge in [0.25, 0.3) is 0 Å². The Morgan fingerprint density at radius 1 is 1.55 bits per heavy atom. The van der Waals surface area contributed by atoms with Gasteiger partial charge < -0.3 is 15.4 Å². The molecule has 2 N–H and O–H groups in total. The summed E-state index contributed by atoms with van der Waals surface area (Å²) < 4.78 is 5.75. The van der Waals surface area contributed by atoms with E-state index in [1.165, 1.54) is 0 Å². The van der Waals surface area contributed by atoms with Crippen molar-refractivity contribution in [1.82, 2.24) is 0 Å². The lowest BCUT2D eigenvalue weighted by atomic mass is 10.1. The van der Waals surface area contributed by atoms with E-state index in [1.807, 2.05) is 0 Å². The van der Waals surface area contributed by atoms with Crippen molar-refractivity contribution in [1.29, 1.82) is 0 Å². The molecule has 0 saturated carbocycles. The lowest BCUT2D eigenvalue weighted by molar-refractivity contribution is 0.115. The summed E-state index contributed by atoms with van der Waals surface area (Å²) in [5, 5.41) is 0. The van der Waals surface area contributed by atoms with E-state index < -0.39 is 0 Å². The largest absolute Gasteiger partial charge is 0.389 e. The molecule has 1 heterocycles. The molecule has 0 amide bonds. The van der Waals surface area contributed by atoms with E-state index in [-0.39, 0.29) is 0 Å². The first kappa shape index (κ1) is 15.6. The molecule has 0 bridgehead atoms. The number of benzene rings is 1. The van der Waals surface area contributed by atoms with Gasteiger partial charge in [-0.3, -0.25) is 0 Å². The predicted molar refractivity (Wildman–Crippen MR) is 91.0 cm³/mol. The average molecular weight is 310 g/mol. The molecule has 20 heavy (non-hydrogen) atoms. The molecule has 1 fully saturated rings. The van der Waals surface area contributed by atoms with E-state index in [0.717, 1.165) is 48.7 Å². The molecule has 1 aromatic rings. The Hall–Kier alpha value is -0.780. The molecule has 1 aliphatic heterocycles. The Labute approximate surface area is 130 Å². The Balaban J connectivity index is 2.30. The van der Waals surface area contributed by atoms with Crippen LogP contribution in [0.5, 0.6) is 0 Å². The van der Waals surface area contributed by atoms with E-state index in [2.05, 4.69) is 36.3 Å². The van der Waals surface area contributed by atoms with Crippen LogP contribution in [0.25, 0.3) is 0 Å². The number of likely N-dealkylation sites (N-methyl/N-ethyl adjacent to an activating group) is 1. The highest BCUT2D eigenvalue weighted by Crippen LogP contribution is 2.30. The van der Waals surface area contributed by atoms with Gasteiger partial charge in [-0.05, 0) is 38.2 Å². The zero-order valence-corrected chi connectivity index (χ0v) is 13.7. The van der Waals surface area contributed by atoms with Crippen LogP contribution in [-0.4, -0.2) is 37.0 Å². The molecule has 1 atom stereocenters. The van der Waals surface area contributed by atoms with Gasteiger partial charge in [0.2, 0.25) is 0 Å². The first-order valence-electron chi connectivity index (χ1n) is 7.00. The molecule has 0 spiro atoms. The molecular weight excluding hydrogens is 288 g/mol. The van der Waals surface area contributed by atoms with Crippen molar-refractivity contribution < 1.29 is 4.74 Å². The van der Waals surface area contributed by atoms with Crippen LogP contribution in [0.1, 0.15) is 25.3 Å². The number of hydrogen-bond acceptors (Lipinski definition) is 4. The van der Waals surface area contributed by atoms with Gasteiger partial charge >= 0.3 is 0 Å². The van der Waals surface area contributed by atoms with E-state index in [0.29, 0.717) is 11.1 Å². The smallest absolute Gasteiger partial charge is 0.107 e. The van der Waals surface area contributed by atoms with Crippen molar-refractivity contribution >= 4 is 34.7 Å². The Kier molecular flexibility index (Phi) is 5.69. The third-order valence-corrected chi connectivity index (χ3v) is 4.63. The molecule has 1 aromatic carbocycles. The van der Waals surface area contributed by atoms with Crippen molar-refractivity contribution in [2.24, 2.45) is 5.73 Å². The van der Waals surface area contributed by atoms with E-state index in [1.54, 1.807) is 11.8 Å². The third-order valence-electron chi connectivity index (χ3n) is 3.64. The monoisotopic (exact) mass is 310 g/mol. The normalized spacial score (nSPS) is 18.2. The number of thiocarbonyl (C=S) groups is 1. The summed E-state index contributed by atoms with van der Waals surface area (Å²) in [5.41, 5.74) is 8.07. The van der Waals surface area contributed by atoms with Gasteiger partial charge in [-0.2, -0.15) is 0 Å². The highest BCUT2D eigenvalue weighted by Gasteiger charge is 2.21. The topological polar surface area (TPSA) is 38.5 Å². The quantitative estimate of drug-likeness (QED) is 0.646. The van der Waals surface area contributed by atoms with Gasteiger partial charge in [0, 0.05) is 35.8 Å². The summed E-state index contributed by atoms with van der Waals surface area (Å²) in [5.74, 6) is 0. The summed E-state index contributed by atoms with van der Waals surface area (Å²) in [6.07, 6.45) is 4.68. The Morgan fingerprint density at radius 2 is 2.35 bits per heavy atom. The van der Waals surface area contributed by atoms with Crippen LogP contribution >= 0.6 is 24.0 Å². The van der Waals surface area contributed by atoms with Crippen LogP contribution in [0.15, 0.2) is 23.1 Å². The van der Waals surface area contributed by atoms with E-state index in [4.69, 9.17) is 22.7 Å². The number of hydrogen-bond donors (Lipinski definition) is 1. The van der Waals surface area contributed by atoms with Crippen molar-refractivity contribution in [3.63, 3.8) is 0 Å². The number of anilines is 1. The van der Waals surface area contributed by atoms with Gasteiger partial charge in [-0.15, -0.1) is 11.8 Å². The molecular formula is C15H22N2OS2. The minimum absolute atomic E-state index is 0.326. The van der Waals surface area contributed by atoms with Crippen molar-refractivity contribution in [2.45, 2.75) is 30.8 Å². The van der Waals surface area contributed by atoms with Gasteiger partial charge in [0.1, 0.15) is 4.99 Å². The molecule has 0 aliphatic carbocycles. The lowest BCUT2D eigenvalue weighted by Gasteiger charge is -2.28. The highest BCUT2D eigenvalue weighted by molar-refractivity contribution is 7.98. The van der Waals surface area contributed by atoms with Gasteiger partial charge in [0.15, 0.2) is 0 Å². The van der Waals surface area contributed by atoms with Crippen LogP contribution in [0.3, 0.4) is 0 Å². The predicted octanol–water partition coefficient (Wildman–Crippen LogP) is 3.05. The summed E-state index contributed by atoms with van der Waals surface area (Å²) in [6.45, 7) is 4.87. The molecule has 5 heteroatoms. The number of rotatable bonds is 6. The van der Waals surface area contributed by atoms with Crippen molar-refractivity contribution in [3.8, 4) is 0 Å². The maximum atomic E-state index is 5.95. The molecule has 3 nitrogen and oxygen atoms in total. The molecule has 0 radical (unpaired) electrons. The number of nitrogens with two attached hydrogens (primary N) is 1. The van der Waals surface area contributed by atoms with Crippen LogP contribution in [0, 0.1) is 0 Å². The number of thioether (sulfide) groups is 1. The molecule has 1 unspecified atom stereocenters. The Bertz CT molecular complexity index is 473. The molecule has 1 aliphatic rings. The maximum absolute atomic E-state index is 5.95. The van der Waals surface area contributed by atoms with Crippen molar-refractivity contribution in [2.75, 3.05) is 30.9 Å². The van der Waals surface area contributed by atoms with Crippen LogP contribution < -0.4 is 10.6 Å². The number of ether oxygens (including phenoxy) is 1. The van der Waals surface area contributed by atoms with Gasteiger partial charge in [-0.1, -0.05) is 18.3 Å². The summed E-state index contributed by atoms with van der Waals surface area (Å²) >= 11 is 6.94. The van der Waals surface area contributed by atoms with E-state index in [9.17, 15) is 0 Å². The first-order valence-corrected chi connectivity index (χ1v) is 8.64. The minimum atomic E-state index is 0.326. The zero-order chi connectivity index (χ0) is 14.5. The molecule has 1 saturated heterocycles. The number of nitrogens with zero attached hydrogens (tertiary/aromatic N) is 1. The second kappa shape index (κ2) is 7.29. The molecule has 2 rings (SSSR count). The van der Waals surface area contributed by atoms with Crippen LogP contribution in [-0.2, 0) is 4.74 Å². The average Bonchev–Trinajstić information content (AvgIpc) is 2.96. The zero-order valence-electron chi connectivity index (χ0n) is 12.1. The fraction of sp³-hybridized carbons (Fsp3) is 0.533. The van der Waals surface area contributed by atoms with Crippen LogP contribution in [0.2, 0.25) is 0 Å². The van der Waals surface area contributed by atoms with Crippen molar-refractivity contribution in [3.05, 3.63) is 23.8 Å². The third kappa shape index (κ3) is 3.45. The second-order valence-electron chi connectivity index (χ2n) is 4.89. The highest BCUT2D eigenvalue weighted by atomic mass is 32.2. The lowest BCUT2D eigenvalue weighted by Crippen LogP contribution is -2.33. The summed E-state index contributed by atoms with van der Waals surface area (Å²) in [7, 11) is 0. The fourth-order valence-corrected chi connectivity index (χ4v) is 3.55. The molecule has 110 valence electrons. The SMILES string of the molecule is CCN(CC1CCCO1)c1cccc(SC)c1C(N)=S. The fourth-order valence-electron chi connectivity index (χ4n) is 2.63. The van der Waals surface area contributed by atoms with Gasteiger partial charge in [0.05, 0.1) is 6.10 Å². The van der Waals surface area contributed by atoms with Crippen LogP contribution in [0.4, 0.5) is 5.69 Å². The standard InChI is InChI=1S/C15H22N2OS2/c1-3-17(10-11-6-5-9-18-11)12-7-4-8-13(20-2)14(12)15(16)19/h4,7-8,11H,3,5-6,9-10H2,1-2H3,(H2,16,19). The van der Waals surface area contributed by atoms with E-state index >= 15 is 0 Å². The maximum Gasteiger partial charge on any atom is 0.107 e.